The minimum atomic E-state index is -2.84. The van der Waals surface area contributed by atoms with Gasteiger partial charge in [-0.25, -0.2) is 23.5 Å². The number of piperidine rings is 1. The molecule has 9 nitrogen and oxygen atoms in total. The molecule has 4 heterocycles. The number of amides is 2. The molecule has 1 aliphatic rings. The highest BCUT2D eigenvalue weighted by molar-refractivity contribution is 7.23. The van der Waals surface area contributed by atoms with Crippen LogP contribution < -0.4 is 10.1 Å². The minimum absolute atomic E-state index is 0.0311. The van der Waals surface area contributed by atoms with Gasteiger partial charge in [-0.1, -0.05) is 11.3 Å². The molecule has 1 aliphatic heterocycles. The summed E-state index contributed by atoms with van der Waals surface area (Å²) in [5, 5.41) is 17.1. The normalized spacial score (nSPS) is 16.3. The van der Waals surface area contributed by atoms with Gasteiger partial charge in [-0.15, -0.1) is 0 Å². The zero-order valence-corrected chi connectivity index (χ0v) is 17.1. The first-order valence-corrected chi connectivity index (χ1v) is 10.0. The molecular weight excluding hydrogens is 418 g/mol. The fourth-order valence-electron chi connectivity index (χ4n) is 3.35. The van der Waals surface area contributed by atoms with Gasteiger partial charge in [0, 0.05) is 43.7 Å². The Labute approximate surface area is 174 Å². The van der Waals surface area contributed by atoms with E-state index in [1.54, 1.807) is 17.1 Å². The van der Waals surface area contributed by atoms with E-state index in [2.05, 4.69) is 20.4 Å². The number of pyridine rings is 1. The molecule has 0 atom stereocenters. The smallest absolute Gasteiger partial charge is 0.323 e. The molecular formula is C18H20F2N6O3S. The number of hydrogen-bond donors (Lipinski definition) is 2. The lowest BCUT2D eigenvalue weighted by atomic mass is 9.92. The average molecular weight is 438 g/mol. The van der Waals surface area contributed by atoms with E-state index < -0.39 is 18.1 Å². The number of rotatable bonds is 4. The molecule has 0 spiro atoms. The van der Waals surface area contributed by atoms with Crippen molar-refractivity contribution in [1.82, 2.24) is 24.6 Å². The van der Waals surface area contributed by atoms with E-state index >= 15 is 0 Å². The Morgan fingerprint density at radius 3 is 2.70 bits per heavy atom. The Balaban J connectivity index is 1.57. The standard InChI is InChI=1S/C18H20F2N6O3S/c1-25-9-10(7-22-25)11-8-21-14(29-2)12-13(11)30-16(23-12)24-17(27)26-5-3-18(28,4-6-26)15(19)20/h7-9,15,28H,3-6H2,1-2H3,(H,23,24,27). The number of methoxy groups -OCH3 is 1. The third-order valence-electron chi connectivity index (χ3n) is 5.13. The Morgan fingerprint density at radius 2 is 2.10 bits per heavy atom. The van der Waals surface area contributed by atoms with Crippen LogP contribution in [0, 0.1) is 0 Å². The van der Waals surface area contributed by atoms with E-state index in [-0.39, 0.29) is 25.9 Å². The Bertz CT molecular complexity index is 1080. The molecule has 3 aromatic rings. The number of carbonyl (C=O) groups is 1. The lowest BCUT2D eigenvalue weighted by molar-refractivity contribution is -0.121. The number of fused-ring (bicyclic) bond motifs is 1. The van der Waals surface area contributed by atoms with E-state index in [9.17, 15) is 18.7 Å². The summed E-state index contributed by atoms with van der Waals surface area (Å²) in [7, 11) is 3.30. The zero-order chi connectivity index (χ0) is 21.5. The number of urea groups is 1. The maximum absolute atomic E-state index is 12.9. The SMILES string of the molecule is COc1ncc(-c2cnn(C)c2)c2sc(NC(=O)N3CCC(O)(C(F)F)CC3)nc12. The van der Waals surface area contributed by atoms with Crippen LogP contribution in [0.25, 0.3) is 21.3 Å². The fraction of sp³-hybridized carbons (Fsp3) is 0.444. The van der Waals surface area contributed by atoms with Crippen molar-refractivity contribution in [2.24, 2.45) is 7.05 Å². The number of alkyl halides is 2. The lowest BCUT2D eigenvalue weighted by Crippen LogP contribution is -2.51. The van der Waals surface area contributed by atoms with Crippen molar-refractivity contribution in [3.05, 3.63) is 18.6 Å². The van der Waals surface area contributed by atoms with Gasteiger partial charge < -0.3 is 14.7 Å². The van der Waals surface area contributed by atoms with Crippen LogP contribution in [-0.2, 0) is 7.05 Å². The summed E-state index contributed by atoms with van der Waals surface area (Å²) in [6.45, 7) is 0.0623. The fourth-order valence-corrected chi connectivity index (χ4v) is 4.32. The number of nitrogens with one attached hydrogen (secondary N) is 1. The molecule has 0 radical (unpaired) electrons. The molecule has 1 saturated heterocycles. The van der Waals surface area contributed by atoms with Gasteiger partial charge in [0.2, 0.25) is 5.88 Å². The molecule has 30 heavy (non-hydrogen) atoms. The number of hydrogen-bond acceptors (Lipinski definition) is 7. The molecule has 0 aromatic carbocycles. The molecule has 160 valence electrons. The Kier molecular flexibility index (Phi) is 5.28. The van der Waals surface area contributed by atoms with Crippen molar-refractivity contribution in [3.8, 4) is 17.0 Å². The number of thiazole rings is 1. The van der Waals surface area contributed by atoms with Crippen LogP contribution in [0.15, 0.2) is 18.6 Å². The number of ether oxygens (including phenoxy) is 1. The highest BCUT2D eigenvalue weighted by atomic mass is 32.1. The average Bonchev–Trinajstić information content (AvgIpc) is 3.33. The molecule has 12 heteroatoms. The number of halogens is 2. The topological polar surface area (TPSA) is 105 Å². The van der Waals surface area contributed by atoms with Gasteiger partial charge in [0.25, 0.3) is 6.43 Å². The molecule has 0 aliphatic carbocycles. The van der Waals surface area contributed by atoms with Crippen LogP contribution in [0.3, 0.4) is 0 Å². The molecule has 3 aromatic heterocycles. The summed E-state index contributed by atoms with van der Waals surface area (Å²) in [6, 6.07) is -0.458. The minimum Gasteiger partial charge on any atom is -0.479 e. The van der Waals surface area contributed by atoms with E-state index in [1.165, 1.54) is 23.3 Å². The van der Waals surface area contributed by atoms with Gasteiger partial charge in [-0.2, -0.15) is 5.10 Å². The van der Waals surface area contributed by atoms with Crippen LogP contribution in [0.4, 0.5) is 18.7 Å². The van der Waals surface area contributed by atoms with Crippen molar-refractivity contribution in [3.63, 3.8) is 0 Å². The number of nitrogens with zero attached hydrogens (tertiary/aromatic N) is 5. The first-order chi connectivity index (χ1) is 14.3. The van der Waals surface area contributed by atoms with Gasteiger partial charge in [-0.3, -0.25) is 10.00 Å². The van der Waals surface area contributed by atoms with Gasteiger partial charge in [0.1, 0.15) is 11.1 Å². The monoisotopic (exact) mass is 438 g/mol. The van der Waals surface area contributed by atoms with Crippen molar-refractivity contribution in [1.29, 1.82) is 0 Å². The number of anilines is 1. The lowest BCUT2D eigenvalue weighted by Gasteiger charge is -2.37. The molecule has 1 fully saturated rings. The van der Waals surface area contributed by atoms with Crippen molar-refractivity contribution >= 4 is 32.7 Å². The second kappa shape index (κ2) is 7.76. The highest BCUT2D eigenvalue weighted by Crippen LogP contribution is 2.38. The van der Waals surface area contributed by atoms with E-state index in [0.717, 1.165) is 15.8 Å². The predicted octanol–water partition coefficient (Wildman–Crippen LogP) is 2.72. The molecule has 2 amide bonds. The second-order valence-electron chi connectivity index (χ2n) is 7.10. The quantitative estimate of drug-likeness (QED) is 0.649. The van der Waals surface area contributed by atoms with Crippen LogP contribution in [-0.4, -0.2) is 68.0 Å². The van der Waals surface area contributed by atoms with E-state index in [1.807, 2.05) is 13.2 Å². The van der Waals surface area contributed by atoms with Crippen LogP contribution in [0.1, 0.15) is 12.8 Å². The van der Waals surface area contributed by atoms with Crippen LogP contribution in [0.5, 0.6) is 5.88 Å². The first-order valence-electron chi connectivity index (χ1n) is 9.20. The number of aromatic nitrogens is 4. The molecule has 0 unspecified atom stereocenters. The third kappa shape index (κ3) is 3.67. The van der Waals surface area contributed by atoms with E-state index in [4.69, 9.17) is 4.74 Å². The van der Waals surface area contributed by atoms with Crippen molar-refractivity contribution in [2.75, 3.05) is 25.5 Å². The summed E-state index contributed by atoms with van der Waals surface area (Å²) < 4.78 is 33.6. The third-order valence-corrected chi connectivity index (χ3v) is 6.14. The van der Waals surface area contributed by atoms with Crippen LogP contribution >= 0.6 is 11.3 Å². The number of carbonyl (C=O) groups excluding carboxylic acids is 1. The summed E-state index contributed by atoms with van der Waals surface area (Å²) in [5.41, 5.74) is 0.118. The highest BCUT2D eigenvalue weighted by Gasteiger charge is 2.41. The molecule has 2 N–H and O–H groups in total. The number of aryl methyl sites for hydroxylation is 1. The first kappa shape index (κ1) is 20.4. The van der Waals surface area contributed by atoms with Gasteiger partial charge >= 0.3 is 6.03 Å². The molecule has 4 rings (SSSR count). The Morgan fingerprint density at radius 1 is 1.37 bits per heavy atom. The summed E-state index contributed by atoms with van der Waals surface area (Å²) in [6.07, 6.45) is 2.02. The maximum atomic E-state index is 12.9. The van der Waals surface area contributed by atoms with Gasteiger partial charge in [0.05, 0.1) is 18.0 Å². The van der Waals surface area contributed by atoms with Gasteiger partial charge in [-0.05, 0) is 12.8 Å². The summed E-state index contributed by atoms with van der Waals surface area (Å²) in [5.74, 6) is 0.328. The van der Waals surface area contributed by atoms with Crippen molar-refractivity contribution < 1.29 is 23.4 Å². The van der Waals surface area contributed by atoms with Crippen LogP contribution in [0.2, 0.25) is 0 Å². The largest absolute Gasteiger partial charge is 0.479 e. The number of likely N-dealkylation sites (tertiary alicyclic amines) is 1. The summed E-state index contributed by atoms with van der Waals surface area (Å²) in [4.78, 5) is 22.7. The Hall–Kier alpha value is -2.86. The summed E-state index contributed by atoms with van der Waals surface area (Å²) >= 11 is 1.26. The predicted molar refractivity (Wildman–Crippen MR) is 107 cm³/mol. The maximum Gasteiger partial charge on any atom is 0.323 e. The van der Waals surface area contributed by atoms with Crippen molar-refractivity contribution in [2.45, 2.75) is 24.9 Å². The molecule has 0 bridgehead atoms. The molecule has 0 saturated carbocycles. The van der Waals surface area contributed by atoms with Gasteiger partial charge in [0.15, 0.2) is 5.13 Å². The zero-order valence-electron chi connectivity index (χ0n) is 16.3. The second-order valence-corrected chi connectivity index (χ2v) is 8.10. The number of aliphatic hydroxyl groups is 1. The van der Waals surface area contributed by atoms with E-state index in [0.29, 0.717) is 16.5 Å².